The van der Waals surface area contributed by atoms with Gasteiger partial charge in [-0.05, 0) is 45.7 Å². The minimum absolute atomic E-state index is 0.220. The predicted molar refractivity (Wildman–Crippen MR) is 63.9 cm³/mol. The highest BCUT2D eigenvalue weighted by molar-refractivity contribution is 5.68. The first kappa shape index (κ1) is 12.9. The number of carbonyl (C=O) groups is 1. The Labute approximate surface area is 97.4 Å². The van der Waals surface area contributed by atoms with E-state index >= 15 is 0 Å². The van der Waals surface area contributed by atoms with Gasteiger partial charge in [-0.3, -0.25) is 0 Å². The number of hydrogen-bond acceptors (Lipinski definition) is 3. The van der Waals surface area contributed by atoms with Crippen molar-refractivity contribution in [2.45, 2.75) is 39.2 Å². The van der Waals surface area contributed by atoms with Crippen molar-refractivity contribution < 1.29 is 9.53 Å². The topological polar surface area (TPSA) is 55.6 Å². The highest BCUT2D eigenvalue weighted by atomic mass is 16.6. The molecule has 1 atom stereocenters. The fourth-order valence-electron chi connectivity index (χ4n) is 1.82. The average Bonchev–Trinajstić information content (AvgIpc) is 2.16. The van der Waals surface area contributed by atoms with Crippen LogP contribution in [0.5, 0.6) is 0 Å². The van der Waals surface area contributed by atoms with Crippen LogP contribution in [0.15, 0.2) is 12.3 Å². The summed E-state index contributed by atoms with van der Waals surface area (Å²) >= 11 is 0. The second-order valence-corrected chi connectivity index (χ2v) is 5.21. The number of amides is 1. The zero-order chi connectivity index (χ0) is 12.2. The summed E-state index contributed by atoms with van der Waals surface area (Å²) in [4.78, 5) is 13.6. The van der Waals surface area contributed by atoms with Gasteiger partial charge < -0.3 is 15.4 Å². The Morgan fingerprint density at radius 2 is 2.19 bits per heavy atom. The van der Waals surface area contributed by atoms with E-state index in [0.717, 1.165) is 19.4 Å². The SMILES string of the molecule is CC(C)(C)OC(=O)N1CCC[C@@H](/C=C/N)C1. The van der Waals surface area contributed by atoms with Crippen LogP contribution in [0.4, 0.5) is 4.79 Å². The zero-order valence-corrected chi connectivity index (χ0v) is 10.4. The molecule has 0 aromatic heterocycles. The van der Waals surface area contributed by atoms with Crippen LogP contribution >= 0.6 is 0 Å². The predicted octanol–water partition coefficient (Wildman–Crippen LogP) is 2.11. The molecule has 1 amide bonds. The first-order valence-electron chi connectivity index (χ1n) is 5.78. The van der Waals surface area contributed by atoms with Gasteiger partial charge in [0.25, 0.3) is 0 Å². The van der Waals surface area contributed by atoms with E-state index in [-0.39, 0.29) is 6.09 Å². The van der Waals surface area contributed by atoms with Gasteiger partial charge in [-0.15, -0.1) is 0 Å². The van der Waals surface area contributed by atoms with Crippen molar-refractivity contribution in [2.75, 3.05) is 13.1 Å². The van der Waals surface area contributed by atoms with E-state index in [4.69, 9.17) is 10.5 Å². The molecule has 0 bridgehead atoms. The lowest BCUT2D eigenvalue weighted by Gasteiger charge is -2.33. The van der Waals surface area contributed by atoms with Crippen LogP contribution in [-0.2, 0) is 4.74 Å². The summed E-state index contributed by atoms with van der Waals surface area (Å²) in [5.41, 5.74) is 4.94. The van der Waals surface area contributed by atoms with Gasteiger partial charge in [0.05, 0.1) is 0 Å². The van der Waals surface area contributed by atoms with Crippen LogP contribution < -0.4 is 5.73 Å². The first-order chi connectivity index (χ1) is 7.42. The van der Waals surface area contributed by atoms with E-state index < -0.39 is 5.60 Å². The third-order valence-electron chi connectivity index (χ3n) is 2.49. The molecular formula is C12H22N2O2. The molecule has 2 N–H and O–H groups in total. The fraction of sp³-hybridized carbons (Fsp3) is 0.750. The van der Waals surface area contributed by atoms with Crippen molar-refractivity contribution in [3.05, 3.63) is 12.3 Å². The molecule has 1 heterocycles. The minimum Gasteiger partial charge on any atom is -0.444 e. The Hall–Kier alpha value is -1.19. The molecule has 1 fully saturated rings. The average molecular weight is 226 g/mol. The third kappa shape index (κ3) is 4.13. The quantitative estimate of drug-likeness (QED) is 0.745. The molecule has 0 aromatic rings. The molecule has 1 saturated heterocycles. The van der Waals surface area contributed by atoms with Crippen LogP contribution in [0.1, 0.15) is 33.6 Å². The lowest BCUT2D eigenvalue weighted by molar-refractivity contribution is 0.0186. The van der Waals surface area contributed by atoms with E-state index in [0.29, 0.717) is 12.5 Å². The van der Waals surface area contributed by atoms with Crippen molar-refractivity contribution in [3.63, 3.8) is 0 Å². The van der Waals surface area contributed by atoms with Crippen molar-refractivity contribution in [2.24, 2.45) is 11.7 Å². The summed E-state index contributed by atoms with van der Waals surface area (Å²) in [6.45, 7) is 7.14. The van der Waals surface area contributed by atoms with Crippen LogP contribution in [-0.4, -0.2) is 29.7 Å². The number of likely N-dealkylation sites (tertiary alicyclic amines) is 1. The summed E-state index contributed by atoms with van der Waals surface area (Å²) in [7, 11) is 0. The van der Waals surface area contributed by atoms with Crippen LogP contribution in [0.25, 0.3) is 0 Å². The maximum absolute atomic E-state index is 11.8. The molecule has 16 heavy (non-hydrogen) atoms. The summed E-state index contributed by atoms with van der Waals surface area (Å²) in [5.74, 6) is 0.367. The Bertz CT molecular complexity index is 269. The normalized spacial score (nSPS) is 22.4. The zero-order valence-electron chi connectivity index (χ0n) is 10.4. The molecule has 1 aliphatic heterocycles. The van der Waals surface area contributed by atoms with Gasteiger partial charge in [0.2, 0.25) is 0 Å². The van der Waals surface area contributed by atoms with E-state index in [1.807, 2.05) is 26.8 Å². The van der Waals surface area contributed by atoms with Crippen molar-refractivity contribution in [1.82, 2.24) is 4.90 Å². The van der Waals surface area contributed by atoms with Crippen molar-refractivity contribution >= 4 is 6.09 Å². The third-order valence-corrected chi connectivity index (χ3v) is 2.49. The van der Waals surface area contributed by atoms with E-state index in [1.165, 1.54) is 0 Å². The molecule has 0 aliphatic carbocycles. The molecule has 1 rings (SSSR count). The van der Waals surface area contributed by atoms with Gasteiger partial charge in [-0.1, -0.05) is 6.08 Å². The Morgan fingerprint density at radius 3 is 2.75 bits per heavy atom. The molecule has 1 aliphatic rings. The number of rotatable bonds is 1. The van der Waals surface area contributed by atoms with Crippen molar-refractivity contribution in [1.29, 1.82) is 0 Å². The summed E-state index contributed by atoms with van der Waals surface area (Å²) in [6.07, 6.45) is 5.39. The highest BCUT2D eigenvalue weighted by Gasteiger charge is 2.26. The smallest absolute Gasteiger partial charge is 0.410 e. The molecule has 4 nitrogen and oxygen atoms in total. The molecular weight excluding hydrogens is 204 g/mol. The maximum Gasteiger partial charge on any atom is 0.410 e. The van der Waals surface area contributed by atoms with Gasteiger partial charge in [0.1, 0.15) is 5.60 Å². The van der Waals surface area contributed by atoms with Gasteiger partial charge in [-0.25, -0.2) is 4.79 Å². The Kier molecular flexibility index (Phi) is 4.21. The lowest BCUT2D eigenvalue weighted by atomic mass is 9.98. The molecule has 0 saturated carbocycles. The fourth-order valence-corrected chi connectivity index (χ4v) is 1.82. The Balaban J connectivity index is 2.50. The van der Waals surface area contributed by atoms with Crippen LogP contribution in [0, 0.1) is 5.92 Å². The summed E-state index contributed by atoms with van der Waals surface area (Å²) in [6, 6.07) is 0. The second kappa shape index (κ2) is 5.23. The lowest BCUT2D eigenvalue weighted by Crippen LogP contribution is -2.42. The first-order valence-corrected chi connectivity index (χ1v) is 5.78. The molecule has 92 valence electrons. The van der Waals surface area contributed by atoms with Gasteiger partial charge in [-0.2, -0.15) is 0 Å². The van der Waals surface area contributed by atoms with Crippen molar-refractivity contribution in [3.8, 4) is 0 Å². The Morgan fingerprint density at radius 1 is 1.50 bits per heavy atom. The molecule has 0 aromatic carbocycles. The van der Waals surface area contributed by atoms with Gasteiger partial charge >= 0.3 is 6.09 Å². The van der Waals surface area contributed by atoms with Gasteiger partial charge in [0, 0.05) is 13.1 Å². The standard InChI is InChI=1S/C12H22N2O2/c1-12(2,3)16-11(15)14-8-4-5-10(9-14)6-7-13/h6-7,10H,4-5,8-9,13H2,1-3H3/b7-6+/t10-/m0/s1. The summed E-state index contributed by atoms with van der Waals surface area (Å²) in [5, 5.41) is 0. The minimum atomic E-state index is -0.423. The van der Waals surface area contributed by atoms with Crippen LogP contribution in [0.3, 0.4) is 0 Å². The number of nitrogens with zero attached hydrogens (tertiary/aromatic N) is 1. The molecule has 0 spiro atoms. The van der Waals surface area contributed by atoms with E-state index in [2.05, 4.69) is 0 Å². The van der Waals surface area contributed by atoms with Crippen LogP contribution in [0.2, 0.25) is 0 Å². The molecule has 0 radical (unpaired) electrons. The molecule has 4 heteroatoms. The number of hydrogen-bond donors (Lipinski definition) is 1. The number of nitrogens with two attached hydrogens (primary N) is 1. The van der Waals surface area contributed by atoms with Gasteiger partial charge in [0.15, 0.2) is 0 Å². The largest absolute Gasteiger partial charge is 0.444 e. The van der Waals surface area contributed by atoms with E-state index in [1.54, 1.807) is 11.1 Å². The maximum atomic E-state index is 11.8. The monoisotopic (exact) mass is 226 g/mol. The number of carbonyl (C=O) groups excluding carboxylic acids is 1. The molecule has 0 unspecified atom stereocenters. The number of piperidine rings is 1. The highest BCUT2D eigenvalue weighted by Crippen LogP contribution is 2.19. The number of ether oxygens (including phenoxy) is 1. The summed E-state index contributed by atoms with van der Waals surface area (Å²) < 4.78 is 5.34. The second-order valence-electron chi connectivity index (χ2n) is 5.21. The van der Waals surface area contributed by atoms with E-state index in [9.17, 15) is 4.79 Å².